The zero-order valence-electron chi connectivity index (χ0n) is 8.99. The van der Waals surface area contributed by atoms with Crippen molar-refractivity contribution in [3.63, 3.8) is 0 Å². The summed E-state index contributed by atoms with van der Waals surface area (Å²) in [7, 11) is 0. The van der Waals surface area contributed by atoms with Gasteiger partial charge in [0, 0.05) is 24.0 Å². The van der Waals surface area contributed by atoms with Crippen molar-refractivity contribution in [2.24, 2.45) is 0 Å². The van der Waals surface area contributed by atoms with E-state index in [0.29, 0.717) is 11.6 Å². The first-order chi connectivity index (χ1) is 8.33. The van der Waals surface area contributed by atoms with E-state index in [1.165, 1.54) is 11.5 Å². The van der Waals surface area contributed by atoms with Gasteiger partial charge in [0.25, 0.3) is 0 Å². The van der Waals surface area contributed by atoms with Crippen LogP contribution in [0, 0.1) is 6.92 Å². The third-order valence-electron chi connectivity index (χ3n) is 2.22. The Morgan fingerprint density at radius 3 is 3.00 bits per heavy atom. The molecule has 0 aliphatic rings. The first-order valence-corrected chi connectivity index (χ1v) is 5.78. The SMILES string of the molecule is Cc1nc(-c2cc(-c3cccnc3)no2)ns1. The van der Waals surface area contributed by atoms with E-state index in [-0.39, 0.29) is 0 Å². The molecular weight excluding hydrogens is 236 g/mol. The van der Waals surface area contributed by atoms with Crippen molar-refractivity contribution in [3.8, 4) is 22.8 Å². The molecule has 0 radical (unpaired) electrons. The molecule has 6 heteroatoms. The van der Waals surface area contributed by atoms with Gasteiger partial charge in [0.05, 0.1) is 0 Å². The molecular formula is C11H8N4OS. The van der Waals surface area contributed by atoms with Crippen molar-refractivity contribution in [1.29, 1.82) is 0 Å². The Balaban J connectivity index is 1.99. The molecule has 0 aliphatic heterocycles. The van der Waals surface area contributed by atoms with E-state index < -0.39 is 0 Å². The van der Waals surface area contributed by atoms with Gasteiger partial charge in [0.1, 0.15) is 10.7 Å². The third-order valence-corrected chi connectivity index (χ3v) is 2.84. The van der Waals surface area contributed by atoms with Crippen LogP contribution in [0.5, 0.6) is 0 Å². The molecule has 0 unspecified atom stereocenters. The minimum atomic E-state index is 0.577. The Morgan fingerprint density at radius 1 is 1.35 bits per heavy atom. The van der Waals surface area contributed by atoms with Crippen molar-refractivity contribution < 1.29 is 4.52 Å². The lowest BCUT2D eigenvalue weighted by molar-refractivity contribution is 0.432. The summed E-state index contributed by atoms with van der Waals surface area (Å²) in [5.41, 5.74) is 1.65. The number of hydrogen-bond donors (Lipinski definition) is 0. The van der Waals surface area contributed by atoms with Gasteiger partial charge in [-0.15, -0.1) is 0 Å². The van der Waals surface area contributed by atoms with Gasteiger partial charge >= 0.3 is 0 Å². The minimum absolute atomic E-state index is 0.577. The second-order valence-electron chi connectivity index (χ2n) is 3.46. The number of aromatic nitrogens is 4. The highest BCUT2D eigenvalue weighted by Gasteiger charge is 2.12. The van der Waals surface area contributed by atoms with E-state index in [2.05, 4.69) is 19.5 Å². The Labute approximate surface area is 101 Å². The second-order valence-corrected chi connectivity index (χ2v) is 4.41. The van der Waals surface area contributed by atoms with E-state index >= 15 is 0 Å². The van der Waals surface area contributed by atoms with Crippen molar-refractivity contribution in [2.45, 2.75) is 6.92 Å². The molecule has 3 aromatic rings. The zero-order valence-corrected chi connectivity index (χ0v) is 9.81. The molecule has 0 saturated heterocycles. The Kier molecular flexibility index (Phi) is 2.41. The van der Waals surface area contributed by atoms with Crippen LogP contribution in [0.15, 0.2) is 35.1 Å². The van der Waals surface area contributed by atoms with Crippen LogP contribution >= 0.6 is 11.5 Å². The fourth-order valence-corrected chi connectivity index (χ4v) is 1.91. The van der Waals surface area contributed by atoms with Crippen LogP contribution in [0.4, 0.5) is 0 Å². The smallest absolute Gasteiger partial charge is 0.211 e. The minimum Gasteiger partial charge on any atom is -0.352 e. The fraction of sp³-hybridized carbons (Fsp3) is 0.0909. The Hall–Kier alpha value is -2.08. The molecule has 0 N–H and O–H groups in total. The van der Waals surface area contributed by atoms with E-state index in [0.717, 1.165) is 16.3 Å². The molecule has 3 aromatic heterocycles. The molecule has 0 fully saturated rings. The van der Waals surface area contributed by atoms with Crippen LogP contribution < -0.4 is 0 Å². The van der Waals surface area contributed by atoms with Crippen LogP contribution in [-0.4, -0.2) is 19.5 Å². The standard InChI is InChI=1S/C11H8N4OS/c1-7-13-11(15-17-7)10-5-9(14-16-10)8-3-2-4-12-6-8/h2-6H,1H3. The van der Waals surface area contributed by atoms with Gasteiger partial charge in [-0.1, -0.05) is 5.16 Å². The summed E-state index contributed by atoms with van der Waals surface area (Å²) in [6.45, 7) is 1.90. The molecule has 0 aromatic carbocycles. The molecule has 3 rings (SSSR count). The third kappa shape index (κ3) is 1.94. The molecule has 5 nitrogen and oxygen atoms in total. The topological polar surface area (TPSA) is 64.7 Å². The number of aryl methyl sites for hydroxylation is 1. The lowest BCUT2D eigenvalue weighted by Crippen LogP contribution is -1.77. The van der Waals surface area contributed by atoms with Gasteiger partial charge in [-0.05, 0) is 30.6 Å². The summed E-state index contributed by atoms with van der Waals surface area (Å²) in [5, 5.41) is 4.88. The average Bonchev–Trinajstić information content (AvgIpc) is 2.98. The summed E-state index contributed by atoms with van der Waals surface area (Å²) in [6.07, 6.45) is 3.46. The maximum atomic E-state index is 5.22. The number of pyridine rings is 1. The van der Waals surface area contributed by atoms with Crippen LogP contribution in [0.3, 0.4) is 0 Å². The quantitative estimate of drug-likeness (QED) is 0.693. The number of nitrogens with zero attached hydrogens (tertiary/aromatic N) is 4. The van der Waals surface area contributed by atoms with Crippen molar-refractivity contribution in [3.05, 3.63) is 35.6 Å². The van der Waals surface area contributed by atoms with Crippen LogP contribution in [0.2, 0.25) is 0 Å². The van der Waals surface area contributed by atoms with Gasteiger partial charge in [-0.25, -0.2) is 4.98 Å². The lowest BCUT2D eigenvalue weighted by atomic mass is 10.2. The summed E-state index contributed by atoms with van der Waals surface area (Å²) >= 11 is 1.34. The predicted molar refractivity (Wildman–Crippen MR) is 63.4 cm³/mol. The van der Waals surface area contributed by atoms with Crippen molar-refractivity contribution in [2.75, 3.05) is 0 Å². The number of hydrogen-bond acceptors (Lipinski definition) is 6. The lowest BCUT2D eigenvalue weighted by Gasteiger charge is -1.90. The fourth-order valence-electron chi connectivity index (χ4n) is 1.43. The Bertz CT molecular complexity index is 632. The normalized spacial score (nSPS) is 10.6. The van der Waals surface area contributed by atoms with E-state index in [4.69, 9.17) is 4.52 Å². The monoisotopic (exact) mass is 244 g/mol. The summed E-state index contributed by atoms with van der Waals surface area (Å²) in [5.74, 6) is 1.16. The number of rotatable bonds is 2. The summed E-state index contributed by atoms with van der Waals surface area (Å²) in [6, 6.07) is 5.60. The maximum Gasteiger partial charge on any atom is 0.211 e. The van der Waals surface area contributed by atoms with E-state index in [1.54, 1.807) is 12.4 Å². The molecule has 0 aliphatic carbocycles. The van der Waals surface area contributed by atoms with Crippen LogP contribution in [0.25, 0.3) is 22.8 Å². The maximum absolute atomic E-state index is 5.22. The molecule has 0 amide bonds. The first-order valence-electron chi connectivity index (χ1n) is 5.01. The van der Waals surface area contributed by atoms with E-state index in [1.807, 2.05) is 25.1 Å². The predicted octanol–water partition coefficient (Wildman–Crippen LogP) is 2.56. The summed E-state index contributed by atoms with van der Waals surface area (Å²) < 4.78 is 9.40. The van der Waals surface area contributed by atoms with E-state index in [9.17, 15) is 0 Å². The largest absolute Gasteiger partial charge is 0.352 e. The molecule has 0 atom stereocenters. The highest BCUT2D eigenvalue weighted by molar-refractivity contribution is 7.05. The van der Waals surface area contributed by atoms with Gasteiger partial charge in [-0.2, -0.15) is 4.37 Å². The highest BCUT2D eigenvalue weighted by Crippen LogP contribution is 2.24. The molecule has 0 saturated carbocycles. The Morgan fingerprint density at radius 2 is 2.29 bits per heavy atom. The highest BCUT2D eigenvalue weighted by atomic mass is 32.1. The summed E-state index contributed by atoms with van der Waals surface area (Å²) in [4.78, 5) is 8.28. The van der Waals surface area contributed by atoms with Crippen LogP contribution in [0.1, 0.15) is 5.01 Å². The first kappa shape index (κ1) is 10.1. The van der Waals surface area contributed by atoms with Crippen LogP contribution in [-0.2, 0) is 0 Å². The van der Waals surface area contributed by atoms with Crippen molar-refractivity contribution >= 4 is 11.5 Å². The molecule has 0 bridgehead atoms. The molecule has 17 heavy (non-hydrogen) atoms. The molecule has 3 heterocycles. The average molecular weight is 244 g/mol. The molecule has 0 spiro atoms. The van der Waals surface area contributed by atoms with Gasteiger partial charge in [0.15, 0.2) is 0 Å². The van der Waals surface area contributed by atoms with Gasteiger partial charge in [-0.3, -0.25) is 4.98 Å². The zero-order chi connectivity index (χ0) is 11.7. The second kappa shape index (κ2) is 4.06. The van der Waals surface area contributed by atoms with Gasteiger partial charge in [0.2, 0.25) is 11.6 Å². The van der Waals surface area contributed by atoms with Gasteiger partial charge < -0.3 is 4.52 Å². The van der Waals surface area contributed by atoms with Crippen molar-refractivity contribution in [1.82, 2.24) is 19.5 Å². The molecule has 84 valence electrons.